The molecule has 0 aromatic heterocycles. The van der Waals surface area contributed by atoms with E-state index in [0.29, 0.717) is 11.4 Å². The van der Waals surface area contributed by atoms with Gasteiger partial charge in [-0.25, -0.2) is 0 Å². The molecule has 2 aliphatic rings. The van der Waals surface area contributed by atoms with Crippen LogP contribution in [-0.2, 0) is 14.4 Å². The number of nitrogens with one attached hydrogen (secondary N) is 2. The van der Waals surface area contributed by atoms with Crippen LogP contribution in [0.5, 0.6) is 5.75 Å². The van der Waals surface area contributed by atoms with Crippen LogP contribution in [0.25, 0.3) is 0 Å². The van der Waals surface area contributed by atoms with E-state index in [9.17, 15) is 14.4 Å². The van der Waals surface area contributed by atoms with E-state index in [-0.39, 0.29) is 16.6 Å². The number of carbonyl (C=O) groups is 3. The molecule has 8 nitrogen and oxygen atoms in total. The maximum atomic E-state index is 12.0. The maximum Gasteiger partial charge on any atom is 0.323 e. The number of hydrogen-bond donors (Lipinski definition) is 3. The summed E-state index contributed by atoms with van der Waals surface area (Å²) in [5, 5.41) is 13.5. The first-order valence-electron chi connectivity index (χ1n) is 6.14. The normalized spacial score (nSPS) is 16.9. The van der Waals surface area contributed by atoms with Gasteiger partial charge < -0.3 is 9.84 Å². The Hall–Kier alpha value is -2.94. The summed E-state index contributed by atoms with van der Waals surface area (Å²) in [6.07, 6.45) is 0. The Labute approximate surface area is 129 Å². The summed E-state index contributed by atoms with van der Waals surface area (Å²) in [6, 6.07) is 6.64. The quantitative estimate of drug-likeness (QED) is 0.390. The van der Waals surface area contributed by atoms with Gasteiger partial charge in [0.25, 0.3) is 11.8 Å². The highest BCUT2D eigenvalue weighted by atomic mass is 32.1. The molecule has 112 valence electrons. The van der Waals surface area contributed by atoms with Crippen molar-refractivity contribution >= 4 is 40.8 Å². The molecule has 1 saturated heterocycles. The molecule has 1 aromatic rings. The Balaban J connectivity index is 2.11. The first-order valence-corrected chi connectivity index (χ1v) is 6.55. The third kappa shape index (κ3) is 2.27. The predicted octanol–water partition coefficient (Wildman–Crippen LogP) is -0.287. The molecular weight excluding hydrogens is 310 g/mol. The lowest BCUT2D eigenvalue weighted by Gasteiger charge is -2.21. The fourth-order valence-electron chi connectivity index (χ4n) is 2.17. The average molecular weight is 319 g/mol. The van der Waals surface area contributed by atoms with Crippen molar-refractivity contribution in [2.24, 2.45) is 0 Å². The second kappa shape index (κ2) is 5.11. The Morgan fingerprint density at radius 3 is 2.50 bits per heavy atom. The fraction of sp³-hybridized carbons (Fsp3) is 0.0769. The summed E-state index contributed by atoms with van der Waals surface area (Å²) in [7, 11) is 0. The lowest BCUT2D eigenvalue weighted by molar-refractivity contribution is -0.135. The standard InChI is InChI=1S/C13H9N3O5S/c17-8(18)5-16-6-3-1-2-4-7(6)21-12(16)9-10(19)14-13(22)15-11(9)20/h1-4H,5H2,(H,17,18)(H2,14,15,19,20,22). The zero-order valence-electron chi connectivity index (χ0n) is 11.0. The number of anilines is 1. The summed E-state index contributed by atoms with van der Waals surface area (Å²) >= 11 is 4.72. The summed E-state index contributed by atoms with van der Waals surface area (Å²) in [5.74, 6) is -2.40. The van der Waals surface area contributed by atoms with Gasteiger partial charge in [-0.15, -0.1) is 0 Å². The van der Waals surface area contributed by atoms with Crippen molar-refractivity contribution in [3.63, 3.8) is 0 Å². The molecule has 0 aliphatic carbocycles. The minimum atomic E-state index is -1.13. The topological polar surface area (TPSA) is 108 Å². The van der Waals surface area contributed by atoms with Crippen LogP contribution >= 0.6 is 12.2 Å². The molecular formula is C13H9N3O5S. The number of thiocarbonyl (C=S) groups is 1. The van der Waals surface area contributed by atoms with E-state index >= 15 is 0 Å². The minimum absolute atomic E-state index is 0.111. The van der Waals surface area contributed by atoms with Crippen molar-refractivity contribution in [3.8, 4) is 5.75 Å². The number of benzene rings is 1. The number of fused-ring (bicyclic) bond motifs is 1. The van der Waals surface area contributed by atoms with Crippen molar-refractivity contribution in [3.05, 3.63) is 35.7 Å². The number of carbonyl (C=O) groups excluding carboxylic acids is 2. The number of carboxylic acid groups (broad SMARTS) is 1. The molecule has 2 heterocycles. The Kier molecular flexibility index (Phi) is 3.26. The summed E-state index contributed by atoms with van der Waals surface area (Å²) in [6.45, 7) is -0.457. The molecule has 0 saturated carbocycles. The van der Waals surface area contributed by atoms with E-state index in [2.05, 4.69) is 10.6 Å². The van der Waals surface area contributed by atoms with Gasteiger partial charge in [-0.05, 0) is 24.4 Å². The van der Waals surface area contributed by atoms with E-state index in [1.165, 1.54) is 4.90 Å². The van der Waals surface area contributed by atoms with E-state index < -0.39 is 24.3 Å². The van der Waals surface area contributed by atoms with E-state index in [4.69, 9.17) is 22.1 Å². The molecule has 1 aromatic carbocycles. The highest BCUT2D eigenvalue weighted by molar-refractivity contribution is 7.80. The molecule has 22 heavy (non-hydrogen) atoms. The second-order valence-corrected chi connectivity index (χ2v) is 4.88. The second-order valence-electron chi connectivity index (χ2n) is 4.47. The smallest absolute Gasteiger partial charge is 0.323 e. The Morgan fingerprint density at radius 2 is 1.86 bits per heavy atom. The van der Waals surface area contributed by atoms with Crippen LogP contribution in [0, 0.1) is 0 Å². The number of nitrogens with zero attached hydrogens (tertiary/aromatic N) is 1. The van der Waals surface area contributed by atoms with Gasteiger partial charge in [-0.2, -0.15) is 0 Å². The van der Waals surface area contributed by atoms with Crippen LogP contribution in [0.4, 0.5) is 5.69 Å². The van der Waals surface area contributed by atoms with Crippen molar-refractivity contribution in [2.45, 2.75) is 0 Å². The van der Waals surface area contributed by atoms with Crippen LogP contribution in [0.3, 0.4) is 0 Å². The van der Waals surface area contributed by atoms with E-state index in [1.54, 1.807) is 24.3 Å². The molecule has 2 aliphatic heterocycles. The van der Waals surface area contributed by atoms with Crippen molar-refractivity contribution < 1.29 is 24.2 Å². The predicted molar refractivity (Wildman–Crippen MR) is 78.0 cm³/mol. The SMILES string of the molecule is O=C(O)CN1C(=C2C(=O)NC(=S)NC2=O)Oc2ccccc21. The molecule has 9 heteroatoms. The first-order chi connectivity index (χ1) is 10.5. The van der Waals surface area contributed by atoms with Crippen LogP contribution in [0.2, 0.25) is 0 Å². The Morgan fingerprint density at radius 1 is 1.23 bits per heavy atom. The van der Waals surface area contributed by atoms with Crippen LogP contribution in [-0.4, -0.2) is 34.5 Å². The number of aliphatic carboxylic acids is 1. The maximum absolute atomic E-state index is 12.0. The van der Waals surface area contributed by atoms with Gasteiger partial charge in [0.15, 0.2) is 16.4 Å². The largest absolute Gasteiger partial charge is 0.480 e. The molecule has 0 spiro atoms. The lowest BCUT2D eigenvalue weighted by Crippen LogP contribution is -2.52. The van der Waals surface area contributed by atoms with Crippen molar-refractivity contribution in [1.29, 1.82) is 0 Å². The third-order valence-electron chi connectivity index (χ3n) is 3.02. The number of amides is 2. The zero-order valence-corrected chi connectivity index (χ0v) is 11.8. The van der Waals surface area contributed by atoms with Gasteiger partial charge in [0, 0.05) is 0 Å². The van der Waals surface area contributed by atoms with Gasteiger partial charge >= 0.3 is 5.97 Å². The van der Waals surface area contributed by atoms with E-state index in [1.807, 2.05) is 0 Å². The molecule has 0 unspecified atom stereocenters. The van der Waals surface area contributed by atoms with Gasteiger partial charge in [-0.3, -0.25) is 29.9 Å². The molecule has 3 rings (SSSR count). The van der Waals surface area contributed by atoms with Crippen molar-refractivity contribution in [2.75, 3.05) is 11.4 Å². The zero-order chi connectivity index (χ0) is 15.9. The van der Waals surface area contributed by atoms with Crippen LogP contribution in [0.15, 0.2) is 35.7 Å². The average Bonchev–Trinajstić information content (AvgIpc) is 2.76. The molecule has 0 atom stereocenters. The number of carboxylic acids is 1. The Bertz CT molecular complexity index is 736. The van der Waals surface area contributed by atoms with Crippen LogP contribution in [0.1, 0.15) is 0 Å². The summed E-state index contributed by atoms with van der Waals surface area (Å²) in [4.78, 5) is 36.3. The molecule has 2 amide bonds. The molecule has 3 N–H and O–H groups in total. The lowest BCUT2D eigenvalue weighted by atomic mass is 10.2. The van der Waals surface area contributed by atoms with E-state index in [0.717, 1.165) is 0 Å². The highest BCUT2D eigenvalue weighted by Crippen LogP contribution is 2.39. The monoisotopic (exact) mass is 319 g/mol. The number of rotatable bonds is 2. The van der Waals surface area contributed by atoms with Gasteiger partial charge in [0.1, 0.15) is 6.54 Å². The van der Waals surface area contributed by atoms with Gasteiger partial charge in [-0.1, -0.05) is 12.1 Å². The van der Waals surface area contributed by atoms with Gasteiger partial charge in [0.05, 0.1) is 5.69 Å². The third-order valence-corrected chi connectivity index (χ3v) is 3.23. The molecule has 0 bridgehead atoms. The summed E-state index contributed by atoms with van der Waals surface area (Å²) < 4.78 is 5.51. The summed E-state index contributed by atoms with van der Waals surface area (Å²) in [5.41, 5.74) is 0.132. The number of hydrogen-bond acceptors (Lipinski definition) is 6. The minimum Gasteiger partial charge on any atom is -0.480 e. The molecule has 0 radical (unpaired) electrons. The number of ether oxygens (including phenoxy) is 1. The van der Waals surface area contributed by atoms with Gasteiger partial charge in [0.2, 0.25) is 5.88 Å². The fourth-order valence-corrected chi connectivity index (χ4v) is 2.36. The van der Waals surface area contributed by atoms with Crippen LogP contribution < -0.4 is 20.3 Å². The first kappa shape index (κ1) is 14.0. The highest BCUT2D eigenvalue weighted by Gasteiger charge is 2.38. The number of para-hydroxylation sites is 2. The van der Waals surface area contributed by atoms with Crippen molar-refractivity contribution in [1.82, 2.24) is 10.6 Å². The molecule has 1 fully saturated rings.